The first-order valence-electron chi connectivity index (χ1n) is 13.6. The van der Waals surface area contributed by atoms with Crippen LogP contribution in [0.1, 0.15) is 39.7 Å². The Kier molecular flexibility index (Phi) is 11.4. The number of para-hydroxylation sites is 1. The van der Waals surface area contributed by atoms with Crippen molar-refractivity contribution in [2.75, 3.05) is 31.6 Å². The first-order chi connectivity index (χ1) is 19.1. The van der Waals surface area contributed by atoms with E-state index < -0.39 is 12.1 Å². The molecule has 0 heterocycles. The van der Waals surface area contributed by atoms with Crippen LogP contribution in [0.25, 0.3) is 0 Å². The Bertz CT molecular complexity index is 1190. The fourth-order valence-electron chi connectivity index (χ4n) is 3.85. The minimum Gasteiger partial charge on any atom is -0.492 e. The SMILES string of the molecule is CCOC(Cc1ccc(OCCN(CCC(C)(C)C)C(=O)Nc2ccc(Oc3ccccc3)cc2)cc1)C(=O)O. The Morgan fingerprint density at radius 3 is 2.10 bits per heavy atom. The molecule has 214 valence electrons. The highest BCUT2D eigenvalue weighted by Gasteiger charge is 2.19. The van der Waals surface area contributed by atoms with Gasteiger partial charge < -0.3 is 29.5 Å². The summed E-state index contributed by atoms with van der Waals surface area (Å²) in [5.41, 5.74) is 1.59. The lowest BCUT2D eigenvalue weighted by Crippen LogP contribution is -2.39. The number of nitrogens with one attached hydrogen (secondary N) is 1. The van der Waals surface area contributed by atoms with Gasteiger partial charge in [-0.25, -0.2) is 9.59 Å². The molecule has 0 saturated heterocycles. The van der Waals surface area contributed by atoms with Crippen LogP contribution in [0.5, 0.6) is 17.2 Å². The van der Waals surface area contributed by atoms with Crippen molar-refractivity contribution >= 4 is 17.7 Å². The molecule has 0 aliphatic carbocycles. The van der Waals surface area contributed by atoms with Gasteiger partial charge in [0.25, 0.3) is 0 Å². The molecule has 2 N–H and O–H groups in total. The maximum absolute atomic E-state index is 13.2. The lowest BCUT2D eigenvalue weighted by Gasteiger charge is -2.27. The van der Waals surface area contributed by atoms with E-state index in [-0.39, 0.29) is 17.9 Å². The van der Waals surface area contributed by atoms with Gasteiger partial charge in [0.2, 0.25) is 0 Å². The van der Waals surface area contributed by atoms with E-state index >= 15 is 0 Å². The summed E-state index contributed by atoms with van der Waals surface area (Å²) in [4.78, 5) is 26.3. The van der Waals surface area contributed by atoms with Gasteiger partial charge in [-0.05, 0) is 72.9 Å². The zero-order valence-corrected chi connectivity index (χ0v) is 23.8. The lowest BCUT2D eigenvalue weighted by atomic mass is 9.92. The van der Waals surface area contributed by atoms with Crippen molar-refractivity contribution in [1.82, 2.24) is 4.90 Å². The van der Waals surface area contributed by atoms with Crippen LogP contribution < -0.4 is 14.8 Å². The summed E-state index contributed by atoms with van der Waals surface area (Å²) in [7, 11) is 0. The molecule has 3 rings (SSSR count). The number of aliphatic carboxylic acids is 1. The topological polar surface area (TPSA) is 97.3 Å². The molecular weight excluding hydrogens is 508 g/mol. The molecule has 40 heavy (non-hydrogen) atoms. The number of carbonyl (C=O) groups is 2. The molecule has 8 heteroatoms. The molecule has 0 aromatic heterocycles. The van der Waals surface area contributed by atoms with E-state index in [9.17, 15) is 14.7 Å². The van der Waals surface area contributed by atoms with Crippen LogP contribution in [0.15, 0.2) is 78.9 Å². The quantitative estimate of drug-likeness (QED) is 0.228. The molecule has 2 amide bonds. The molecule has 0 radical (unpaired) electrons. The summed E-state index contributed by atoms with van der Waals surface area (Å²) < 4.78 is 17.0. The van der Waals surface area contributed by atoms with Gasteiger partial charge in [0.05, 0.1) is 6.54 Å². The van der Waals surface area contributed by atoms with E-state index in [0.29, 0.717) is 43.5 Å². The fraction of sp³-hybridized carbons (Fsp3) is 0.375. The van der Waals surface area contributed by atoms with E-state index in [4.69, 9.17) is 14.2 Å². The van der Waals surface area contributed by atoms with Crippen molar-refractivity contribution in [3.05, 3.63) is 84.4 Å². The molecule has 1 atom stereocenters. The molecule has 8 nitrogen and oxygen atoms in total. The maximum atomic E-state index is 13.2. The van der Waals surface area contributed by atoms with Gasteiger partial charge in [-0.2, -0.15) is 0 Å². The highest BCUT2D eigenvalue weighted by atomic mass is 16.5. The fourth-order valence-corrected chi connectivity index (χ4v) is 3.85. The molecular formula is C32H40N2O6. The molecule has 3 aromatic rings. The molecule has 0 saturated carbocycles. The minimum atomic E-state index is -0.979. The second-order valence-electron chi connectivity index (χ2n) is 10.6. The van der Waals surface area contributed by atoms with Gasteiger partial charge in [0, 0.05) is 25.3 Å². The predicted molar refractivity (Wildman–Crippen MR) is 156 cm³/mol. The summed E-state index contributed by atoms with van der Waals surface area (Å²) in [6.45, 7) is 9.86. The third-order valence-electron chi connectivity index (χ3n) is 6.12. The summed E-state index contributed by atoms with van der Waals surface area (Å²) in [6.07, 6.45) is 0.242. The van der Waals surface area contributed by atoms with E-state index in [0.717, 1.165) is 17.7 Å². The number of hydrogen-bond acceptors (Lipinski definition) is 5. The lowest BCUT2D eigenvalue weighted by molar-refractivity contribution is -0.149. The van der Waals surface area contributed by atoms with Crippen LogP contribution >= 0.6 is 0 Å². The summed E-state index contributed by atoms with van der Waals surface area (Å²) in [5.74, 6) is 1.10. The van der Waals surface area contributed by atoms with Crippen LogP contribution in [0.4, 0.5) is 10.5 Å². The van der Waals surface area contributed by atoms with Crippen LogP contribution in [-0.4, -0.2) is 54.4 Å². The number of carbonyl (C=O) groups excluding carboxylic acids is 1. The maximum Gasteiger partial charge on any atom is 0.333 e. The summed E-state index contributed by atoms with van der Waals surface area (Å²) in [6, 6.07) is 23.9. The zero-order valence-electron chi connectivity index (χ0n) is 23.8. The number of rotatable bonds is 14. The van der Waals surface area contributed by atoms with Crippen LogP contribution in [0, 0.1) is 5.41 Å². The predicted octanol–water partition coefficient (Wildman–Crippen LogP) is 6.86. The second kappa shape index (κ2) is 14.9. The summed E-state index contributed by atoms with van der Waals surface area (Å²) >= 11 is 0. The number of ether oxygens (including phenoxy) is 3. The van der Waals surface area contributed by atoms with E-state index in [1.165, 1.54) is 0 Å². The largest absolute Gasteiger partial charge is 0.492 e. The van der Waals surface area contributed by atoms with Gasteiger partial charge in [-0.1, -0.05) is 51.1 Å². The number of hydrogen-bond donors (Lipinski definition) is 2. The third kappa shape index (κ3) is 10.6. The average Bonchev–Trinajstić information content (AvgIpc) is 2.92. The van der Waals surface area contributed by atoms with Crippen LogP contribution in [0.3, 0.4) is 0 Å². The minimum absolute atomic E-state index is 0.0704. The normalized spacial score (nSPS) is 11.9. The third-order valence-corrected chi connectivity index (χ3v) is 6.12. The van der Waals surface area contributed by atoms with Crippen molar-refractivity contribution in [2.45, 2.75) is 46.6 Å². The van der Waals surface area contributed by atoms with Gasteiger partial charge >= 0.3 is 12.0 Å². The van der Waals surface area contributed by atoms with Crippen molar-refractivity contribution in [3.8, 4) is 17.2 Å². The Morgan fingerprint density at radius 2 is 1.50 bits per heavy atom. The molecule has 3 aromatic carbocycles. The zero-order chi connectivity index (χ0) is 29.0. The van der Waals surface area contributed by atoms with E-state index in [1.807, 2.05) is 66.7 Å². The van der Waals surface area contributed by atoms with Gasteiger partial charge in [0.15, 0.2) is 6.10 Å². The Balaban J connectivity index is 1.55. The van der Waals surface area contributed by atoms with Gasteiger partial charge in [-0.15, -0.1) is 0 Å². The highest BCUT2D eigenvalue weighted by Crippen LogP contribution is 2.23. The molecule has 0 fully saturated rings. The monoisotopic (exact) mass is 548 g/mol. The Hall–Kier alpha value is -4.04. The number of anilines is 1. The highest BCUT2D eigenvalue weighted by molar-refractivity contribution is 5.89. The van der Waals surface area contributed by atoms with Crippen molar-refractivity contribution < 1.29 is 28.9 Å². The van der Waals surface area contributed by atoms with Gasteiger partial charge in [-0.3, -0.25) is 0 Å². The molecule has 0 aliphatic rings. The number of benzene rings is 3. The van der Waals surface area contributed by atoms with Crippen LogP contribution in [-0.2, 0) is 16.0 Å². The van der Waals surface area contributed by atoms with E-state index in [2.05, 4.69) is 26.1 Å². The van der Waals surface area contributed by atoms with Crippen molar-refractivity contribution in [2.24, 2.45) is 5.41 Å². The molecule has 0 bridgehead atoms. The molecule has 0 spiro atoms. The number of amides is 2. The number of urea groups is 1. The summed E-state index contributed by atoms with van der Waals surface area (Å²) in [5, 5.41) is 12.3. The molecule has 0 aliphatic heterocycles. The van der Waals surface area contributed by atoms with Gasteiger partial charge in [0.1, 0.15) is 23.9 Å². The smallest absolute Gasteiger partial charge is 0.333 e. The standard InChI is InChI=1S/C32H40N2O6/c1-5-38-29(30(35)36)23-24-11-15-26(16-12-24)39-22-21-34(20-19-32(2,3)4)31(37)33-25-13-17-28(18-14-25)40-27-9-7-6-8-10-27/h6-18,29H,5,19-23H2,1-4H3,(H,33,37)(H,35,36). The molecule has 1 unspecified atom stereocenters. The number of carboxylic acid groups (broad SMARTS) is 1. The number of nitrogens with zero attached hydrogens (tertiary/aromatic N) is 1. The Morgan fingerprint density at radius 1 is 0.875 bits per heavy atom. The van der Waals surface area contributed by atoms with E-state index in [1.54, 1.807) is 24.0 Å². The Labute approximate surface area is 236 Å². The first-order valence-corrected chi connectivity index (χ1v) is 13.6. The number of carboxylic acids is 1. The average molecular weight is 549 g/mol. The second-order valence-corrected chi connectivity index (χ2v) is 10.6. The van der Waals surface area contributed by atoms with Crippen molar-refractivity contribution in [3.63, 3.8) is 0 Å². The van der Waals surface area contributed by atoms with Crippen LogP contribution in [0.2, 0.25) is 0 Å². The first kappa shape index (κ1) is 30.5. The van der Waals surface area contributed by atoms with Crippen molar-refractivity contribution in [1.29, 1.82) is 0 Å².